The Morgan fingerprint density at radius 1 is 1.27 bits per heavy atom. The van der Waals surface area contributed by atoms with Gasteiger partial charge in [0, 0.05) is 26.0 Å². The van der Waals surface area contributed by atoms with Crippen molar-refractivity contribution in [3.8, 4) is 11.3 Å². The Hall–Kier alpha value is -2.96. The second-order valence-corrected chi connectivity index (χ2v) is 6.47. The fraction of sp³-hybridized carbons (Fsp3) is 0.316. The van der Waals surface area contributed by atoms with Gasteiger partial charge in [-0.05, 0) is 35.7 Å². The van der Waals surface area contributed by atoms with Gasteiger partial charge in [-0.1, -0.05) is 20.3 Å². The van der Waals surface area contributed by atoms with Gasteiger partial charge in [0.15, 0.2) is 0 Å². The van der Waals surface area contributed by atoms with Crippen LogP contribution >= 0.6 is 0 Å². The third-order valence-electron chi connectivity index (χ3n) is 4.53. The summed E-state index contributed by atoms with van der Waals surface area (Å²) in [5.74, 6) is -0.281. The highest BCUT2D eigenvalue weighted by molar-refractivity contribution is 5.92. The molecule has 0 saturated carbocycles. The second kappa shape index (κ2) is 7.11. The van der Waals surface area contributed by atoms with Gasteiger partial charge >= 0.3 is 0 Å². The standard InChI is InChI=1S/C19H21FN4O2/c1-4-12(2)9-21-18(25)15-10-24-11-16(13-5-7-14(20)8-6-13)23(3)19(26)17(24)22-15/h5-8,10-12H,4,9H2,1-3H3,(H,21,25)/t12-/m1/s1. The molecule has 0 unspecified atom stereocenters. The predicted octanol–water partition coefficient (Wildman–Crippen LogP) is 2.62. The summed E-state index contributed by atoms with van der Waals surface area (Å²) in [4.78, 5) is 29.1. The zero-order valence-corrected chi connectivity index (χ0v) is 15.0. The van der Waals surface area contributed by atoms with E-state index >= 15 is 0 Å². The van der Waals surface area contributed by atoms with Crippen LogP contribution in [0.3, 0.4) is 0 Å². The number of hydrogen-bond acceptors (Lipinski definition) is 3. The fourth-order valence-electron chi connectivity index (χ4n) is 2.63. The van der Waals surface area contributed by atoms with E-state index in [0.717, 1.165) is 6.42 Å². The van der Waals surface area contributed by atoms with Crippen LogP contribution in [0, 0.1) is 11.7 Å². The highest BCUT2D eigenvalue weighted by Gasteiger charge is 2.16. The Balaban J connectivity index is 1.99. The highest BCUT2D eigenvalue weighted by atomic mass is 19.1. The van der Waals surface area contributed by atoms with Crippen molar-refractivity contribution in [2.24, 2.45) is 13.0 Å². The van der Waals surface area contributed by atoms with E-state index < -0.39 is 0 Å². The molecule has 1 aromatic carbocycles. The van der Waals surface area contributed by atoms with Crippen LogP contribution in [-0.2, 0) is 7.05 Å². The second-order valence-electron chi connectivity index (χ2n) is 6.47. The number of nitrogens with zero attached hydrogens (tertiary/aromatic N) is 3. The van der Waals surface area contributed by atoms with Crippen LogP contribution in [0.4, 0.5) is 4.39 Å². The summed E-state index contributed by atoms with van der Waals surface area (Å²) >= 11 is 0. The maximum absolute atomic E-state index is 13.2. The molecule has 0 aliphatic carbocycles. The van der Waals surface area contributed by atoms with Crippen molar-refractivity contribution in [2.45, 2.75) is 20.3 Å². The highest BCUT2D eigenvalue weighted by Crippen LogP contribution is 2.18. The average molecular weight is 356 g/mol. The maximum atomic E-state index is 13.2. The molecule has 0 bridgehead atoms. The summed E-state index contributed by atoms with van der Waals surface area (Å²) < 4.78 is 16.1. The monoisotopic (exact) mass is 356 g/mol. The van der Waals surface area contributed by atoms with Gasteiger partial charge in [0.1, 0.15) is 11.5 Å². The van der Waals surface area contributed by atoms with Crippen molar-refractivity contribution in [1.29, 1.82) is 0 Å². The maximum Gasteiger partial charge on any atom is 0.294 e. The first-order valence-electron chi connectivity index (χ1n) is 8.53. The molecule has 1 atom stereocenters. The van der Waals surface area contributed by atoms with Crippen LogP contribution in [0.1, 0.15) is 30.8 Å². The zero-order chi connectivity index (χ0) is 18.8. The third kappa shape index (κ3) is 3.37. The number of amides is 1. The molecule has 3 aromatic rings. The summed E-state index contributed by atoms with van der Waals surface area (Å²) in [6.07, 6.45) is 4.21. The average Bonchev–Trinajstić information content (AvgIpc) is 3.07. The Morgan fingerprint density at radius 3 is 2.62 bits per heavy atom. The summed E-state index contributed by atoms with van der Waals surface area (Å²) in [5.41, 5.74) is 1.34. The van der Waals surface area contributed by atoms with Crippen molar-refractivity contribution in [1.82, 2.24) is 19.3 Å². The van der Waals surface area contributed by atoms with E-state index in [1.807, 2.05) is 0 Å². The SMILES string of the molecule is CC[C@@H](C)CNC(=O)c1cn2cc(-c3ccc(F)cc3)n(C)c(=O)c2n1. The number of halogens is 1. The molecule has 26 heavy (non-hydrogen) atoms. The van der Waals surface area contributed by atoms with Crippen molar-refractivity contribution in [3.63, 3.8) is 0 Å². The first-order chi connectivity index (χ1) is 12.4. The Kier molecular flexibility index (Phi) is 4.88. The van der Waals surface area contributed by atoms with E-state index in [4.69, 9.17) is 0 Å². The number of carbonyl (C=O) groups excluding carboxylic acids is 1. The molecule has 0 aliphatic heterocycles. The van der Waals surface area contributed by atoms with Crippen molar-refractivity contribution >= 4 is 11.6 Å². The third-order valence-corrected chi connectivity index (χ3v) is 4.53. The van der Waals surface area contributed by atoms with Gasteiger partial charge in [0.2, 0.25) is 5.65 Å². The number of benzene rings is 1. The molecule has 0 saturated heterocycles. The number of nitrogens with one attached hydrogen (secondary N) is 1. The fourth-order valence-corrected chi connectivity index (χ4v) is 2.63. The van der Waals surface area contributed by atoms with Gasteiger partial charge < -0.3 is 9.88 Å². The summed E-state index contributed by atoms with van der Waals surface area (Å²) in [5, 5.41) is 2.83. The first kappa shape index (κ1) is 17.8. The van der Waals surface area contributed by atoms with Crippen molar-refractivity contribution < 1.29 is 9.18 Å². The summed E-state index contributed by atoms with van der Waals surface area (Å²) in [6.45, 7) is 4.67. The molecule has 2 aromatic heterocycles. The minimum absolute atomic E-state index is 0.173. The van der Waals surface area contributed by atoms with Gasteiger partial charge in [0.05, 0.1) is 5.69 Å². The van der Waals surface area contributed by atoms with Gasteiger partial charge in [-0.2, -0.15) is 0 Å². The molecule has 0 spiro atoms. The lowest BCUT2D eigenvalue weighted by atomic mass is 10.1. The van der Waals surface area contributed by atoms with Crippen LogP contribution in [0.5, 0.6) is 0 Å². The summed E-state index contributed by atoms with van der Waals surface area (Å²) in [7, 11) is 1.62. The van der Waals surface area contributed by atoms with Gasteiger partial charge in [0.25, 0.3) is 11.5 Å². The van der Waals surface area contributed by atoms with Gasteiger partial charge in [-0.3, -0.25) is 14.0 Å². The first-order valence-corrected chi connectivity index (χ1v) is 8.53. The number of carbonyl (C=O) groups is 1. The molecule has 0 radical (unpaired) electrons. The molecule has 7 heteroatoms. The van der Waals surface area contributed by atoms with E-state index in [1.54, 1.807) is 29.8 Å². The molecule has 1 amide bonds. The van der Waals surface area contributed by atoms with Crippen molar-refractivity contribution in [2.75, 3.05) is 6.54 Å². The number of rotatable bonds is 5. The number of fused-ring (bicyclic) bond motifs is 1. The van der Waals surface area contributed by atoms with Crippen LogP contribution in [-0.4, -0.2) is 26.4 Å². The van der Waals surface area contributed by atoms with E-state index in [-0.39, 0.29) is 28.6 Å². The lowest BCUT2D eigenvalue weighted by molar-refractivity contribution is 0.0943. The molecule has 136 valence electrons. The lowest BCUT2D eigenvalue weighted by Crippen LogP contribution is -2.28. The quantitative estimate of drug-likeness (QED) is 0.764. The minimum Gasteiger partial charge on any atom is -0.350 e. The minimum atomic E-state index is -0.345. The Morgan fingerprint density at radius 2 is 1.96 bits per heavy atom. The van der Waals surface area contributed by atoms with Gasteiger partial charge in [-0.25, -0.2) is 9.37 Å². The van der Waals surface area contributed by atoms with E-state index in [1.165, 1.54) is 22.9 Å². The lowest BCUT2D eigenvalue weighted by Gasteiger charge is -2.09. The molecule has 1 N–H and O–H groups in total. The zero-order valence-electron chi connectivity index (χ0n) is 15.0. The van der Waals surface area contributed by atoms with E-state index in [0.29, 0.717) is 23.7 Å². The largest absolute Gasteiger partial charge is 0.350 e. The summed E-state index contributed by atoms with van der Waals surface area (Å²) in [6, 6.07) is 5.89. The van der Waals surface area contributed by atoms with Gasteiger partial charge in [-0.15, -0.1) is 0 Å². The molecular weight excluding hydrogens is 335 g/mol. The molecule has 2 heterocycles. The number of hydrogen-bond donors (Lipinski definition) is 1. The molecule has 0 fully saturated rings. The van der Waals surface area contributed by atoms with Crippen molar-refractivity contribution in [3.05, 3.63) is 58.5 Å². The smallest absolute Gasteiger partial charge is 0.294 e. The van der Waals surface area contributed by atoms with Crippen LogP contribution in [0.2, 0.25) is 0 Å². The molecular formula is C19H21FN4O2. The predicted molar refractivity (Wildman–Crippen MR) is 97.6 cm³/mol. The molecule has 0 aliphatic rings. The van der Waals surface area contributed by atoms with E-state index in [2.05, 4.69) is 24.1 Å². The number of aromatic nitrogens is 3. The topological polar surface area (TPSA) is 68.4 Å². The van der Waals surface area contributed by atoms with Crippen LogP contribution < -0.4 is 10.9 Å². The van der Waals surface area contributed by atoms with E-state index in [9.17, 15) is 14.0 Å². The van der Waals surface area contributed by atoms with Crippen LogP contribution in [0.15, 0.2) is 41.5 Å². The Bertz CT molecular complexity index is 1000. The number of imidazole rings is 1. The van der Waals surface area contributed by atoms with Crippen LogP contribution in [0.25, 0.3) is 16.9 Å². The molecule has 6 nitrogen and oxygen atoms in total. The molecule has 3 rings (SSSR count). The normalized spacial score (nSPS) is 12.3. The Labute approximate surface area is 150 Å².